The fraction of sp³-hybridized carbons (Fsp3) is 0.233. The lowest BCUT2D eigenvalue weighted by molar-refractivity contribution is -0.132. The van der Waals surface area contributed by atoms with E-state index in [0.29, 0.717) is 45.6 Å². The minimum Gasteiger partial charge on any atom is -0.507 e. The number of anilines is 1. The highest BCUT2D eigenvalue weighted by molar-refractivity contribution is 7.22. The summed E-state index contributed by atoms with van der Waals surface area (Å²) in [7, 11) is 3.04. The molecule has 9 heteroatoms. The Morgan fingerprint density at radius 1 is 1.03 bits per heavy atom. The van der Waals surface area contributed by atoms with Gasteiger partial charge in [0.25, 0.3) is 5.78 Å². The van der Waals surface area contributed by atoms with E-state index < -0.39 is 17.7 Å². The number of methoxy groups -OCH3 is 2. The first-order valence-electron chi connectivity index (χ1n) is 12.5. The molecule has 2 heterocycles. The van der Waals surface area contributed by atoms with Crippen LogP contribution in [-0.4, -0.2) is 42.6 Å². The number of aryl methyl sites for hydroxylation is 1. The number of hydrogen-bond acceptors (Lipinski definition) is 8. The van der Waals surface area contributed by atoms with Crippen LogP contribution >= 0.6 is 11.3 Å². The molecule has 0 radical (unpaired) electrons. The third-order valence-electron chi connectivity index (χ3n) is 6.49. The number of aromatic nitrogens is 1. The summed E-state index contributed by atoms with van der Waals surface area (Å²) in [6.07, 6.45) is 0.822. The quantitative estimate of drug-likeness (QED) is 0.164. The molecule has 1 aliphatic heterocycles. The van der Waals surface area contributed by atoms with Gasteiger partial charge in [0.2, 0.25) is 0 Å². The number of amides is 1. The summed E-state index contributed by atoms with van der Waals surface area (Å²) in [4.78, 5) is 33.2. The van der Waals surface area contributed by atoms with Crippen LogP contribution in [0.15, 0.2) is 66.2 Å². The fourth-order valence-corrected chi connectivity index (χ4v) is 5.69. The number of Topliss-reactive ketones (excluding diaryl/α,β-unsaturated/α-hetero) is 1. The maximum Gasteiger partial charge on any atom is 0.301 e. The lowest BCUT2D eigenvalue weighted by atomic mass is 9.95. The van der Waals surface area contributed by atoms with E-state index in [1.165, 1.54) is 30.5 Å². The van der Waals surface area contributed by atoms with Crippen molar-refractivity contribution in [3.8, 4) is 17.2 Å². The van der Waals surface area contributed by atoms with Gasteiger partial charge in [-0.15, -0.1) is 0 Å². The summed E-state index contributed by atoms with van der Waals surface area (Å²) in [5.74, 6) is -0.396. The van der Waals surface area contributed by atoms with Crippen molar-refractivity contribution in [2.75, 3.05) is 25.7 Å². The van der Waals surface area contributed by atoms with Gasteiger partial charge in [-0.2, -0.15) is 0 Å². The molecule has 1 atom stereocenters. The molecule has 3 aromatic carbocycles. The van der Waals surface area contributed by atoms with Crippen LogP contribution in [0.2, 0.25) is 0 Å². The Bertz CT molecular complexity index is 1610. The summed E-state index contributed by atoms with van der Waals surface area (Å²) in [6, 6.07) is 16.9. The summed E-state index contributed by atoms with van der Waals surface area (Å²) in [5, 5.41) is 11.9. The van der Waals surface area contributed by atoms with Crippen LogP contribution in [-0.2, 0) is 9.59 Å². The first-order chi connectivity index (χ1) is 18.9. The molecule has 4 aromatic rings. The Kier molecular flexibility index (Phi) is 7.26. The molecule has 8 nitrogen and oxygen atoms in total. The standard InChI is InChI=1S/C30H28N2O6S/c1-5-13-38-20-8-6-7-19(15-20)27(33)25-26(18-10-12-22(36-3)23(16-18)37-4)32(29(35)28(25)34)30-31-21-11-9-17(2)14-24(21)39-30/h6-12,14-16,26,33H,5,13H2,1-4H3/b27-25+. The number of rotatable bonds is 8. The van der Waals surface area contributed by atoms with Gasteiger partial charge in [-0.3, -0.25) is 14.5 Å². The van der Waals surface area contributed by atoms with Crippen LogP contribution in [0.25, 0.3) is 16.0 Å². The van der Waals surface area contributed by atoms with E-state index in [2.05, 4.69) is 4.98 Å². The minimum absolute atomic E-state index is 0.0460. The summed E-state index contributed by atoms with van der Waals surface area (Å²) >= 11 is 1.31. The van der Waals surface area contributed by atoms with Gasteiger partial charge in [-0.25, -0.2) is 4.98 Å². The average Bonchev–Trinajstić information content (AvgIpc) is 3.48. The average molecular weight is 545 g/mol. The SMILES string of the molecule is CCCOc1cccc(/C(O)=C2\C(=O)C(=O)N(c3nc4ccc(C)cc4s3)C2c2ccc(OC)c(OC)c2)c1. The van der Waals surface area contributed by atoms with Crippen molar-refractivity contribution in [3.63, 3.8) is 0 Å². The highest BCUT2D eigenvalue weighted by Gasteiger charge is 2.48. The Morgan fingerprint density at radius 3 is 2.56 bits per heavy atom. The van der Waals surface area contributed by atoms with Gasteiger partial charge in [0.1, 0.15) is 11.5 Å². The molecule has 1 saturated heterocycles. The first-order valence-corrected chi connectivity index (χ1v) is 13.3. The van der Waals surface area contributed by atoms with E-state index in [1.807, 2.05) is 32.0 Å². The molecule has 1 fully saturated rings. The van der Waals surface area contributed by atoms with Crippen molar-refractivity contribution in [3.05, 3.63) is 82.9 Å². The molecule has 39 heavy (non-hydrogen) atoms. The van der Waals surface area contributed by atoms with Crippen molar-refractivity contribution >= 4 is 44.1 Å². The van der Waals surface area contributed by atoms with Gasteiger partial charge in [-0.05, 0) is 60.9 Å². The maximum absolute atomic E-state index is 13.6. The number of aliphatic hydroxyl groups excluding tert-OH is 1. The smallest absolute Gasteiger partial charge is 0.301 e. The number of ether oxygens (including phenoxy) is 3. The maximum atomic E-state index is 13.6. The second kappa shape index (κ2) is 10.8. The number of fused-ring (bicyclic) bond motifs is 1. The van der Waals surface area contributed by atoms with E-state index in [1.54, 1.807) is 42.5 Å². The van der Waals surface area contributed by atoms with Crippen LogP contribution in [0.4, 0.5) is 5.13 Å². The monoisotopic (exact) mass is 544 g/mol. The predicted octanol–water partition coefficient (Wildman–Crippen LogP) is 6.04. The molecular weight excluding hydrogens is 516 g/mol. The van der Waals surface area contributed by atoms with Gasteiger partial charge in [-0.1, -0.05) is 42.5 Å². The molecule has 1 N–H and O–H groups in total. The summed E-state index contributed by atoms with van der Waals surface area (Å²) < 4.78 is 17.5. The molecule has 1 aliphatic rings. The third kappa shape index (κ3) is 4.81. The van der Waals surface area contributed by atoms with E-state index in [4.69, 9.17) is 14.2 Å². The summed E-state index contributed by atoms with van der Waals surface area (Å²) in [6.45, 7) is 4.49. The number of carbonyl (C=O) groups excluding carboxylic acids is 2. The van der Waals surface area contributed by atoms with E-state index in [0.717, 1.165) is 16.7 Å². The second-order valence-corrected chi connectivity index (χ2v) is 10.1. The van der Waals surface area contributed by atoms with Crippen LogP contribution in [0, 0.1) is 6.92 Å². The van der Waals surface area contributed by atoms with Crippen LogP contribution in [0.1, 0.15) is 36.1 Å². The third-order valence-corrected chi connectivity index (χ3v) is 7.50. The molecule has 0 spiro atoms. The van der Waals surface area contributed by atoms with E-state index in [9.17, 15) is 14.7 Å². The van der Waals surface area contributed by atoms with Gasteiger partial charge in [0.05, 0.1) is 42.7 Å². The lowest BCUT2D eigenvalue weighted by Crippen LogP contribution is -2.29. The normalized spacial score (nSPS) is 16.6. The zero-order valence-corrected chi connectivity index (χ0v) is 22.9. The molecule has 1 aromatic heterocycles. The number of thiazole rings is 1. The van der Waals surface area contributed by atoms with Crippen molar-refractivity contribution in [2.24, 2.45) is 0 Å². The highest BCUT2D eigenvalue weighted by atomic mass is 32.1. The Balaban J connectivity index is 1.71. The molecule has 1 amide bonds. The first kappa shape index (κ1) is 26.2. The number of hydrogen-bond donors (Lipinski definition) is 1. The molecule has 5 rings (SSSR count). The van der Waals surface area contributed by atoms with Gasteiger partial charge in [0.15, 0.2) is 16.6 Å². The van der Waals surface area contributed by atoms with E-state index in [-0.39, 0.29) is 11.3 Å². The Morgan fingerprint density at radius 2 is 1.82 bits per heavy atom. The molecule has 0 bridgehead atoms. The molecule has 0 saturated carbocycles. The predicted molar refractivity (Wildman–Crippen MR) is 151 cm³/mol. The Hall–Kier alpha value is -4.37. The van der Waals surface area contributed by atoms with Crippen molar-refractivity contribution < 1.29 is 28.9 Å². The zero-order valence-electron chi connectivity index (χ0n) is 22.1. The number of ketones is 1. The highest BCUT2D eigenvalue weighted by Crippen LogP contribution is 2.46. The molecule has 200 valence electrons. The number of nitrogens with zero attached hydrogens (tertiary/aromatic N) is 2. The van der Waals surface area contributed by atoms with Crippen molar-refractivity contribution in [1.82, 2.24) is 4.98 Å². The zero-order chi connectivity index (χ0) is 27.7. The second-order valence-electron chi connectivity index (χ2n) is 9.13. The molecule has 1 unspecified atom stereocenters. The van der Waals surface area contributed by atoms with Crippen LogP contribution in [0.3, 0.4) is 0 Å². The number of carbonyl (C=O) groups is 2. The lowest BCUT2D eigenvalue weighted by Gasteiger charge is -2.23. The largest absolute Gasteiger partial charge is 0.507 e. The fourth-order valence-electron chi connectivity index (χ4n) is 4.60. The van der Waals surface area contributed by atoms with Crippen LogP contribution < -0.4 is 19.1 Å². The van der Waals surface area contributed by atoms with Gasteiger partial charge >= 0.3 is 5.91 Å². The summed E-state index contributed by atoms with van der Waals surface area (Å²) in [5.41, 5.74) is 2.65. The van der Waals surface area contributed by atoms with Crippen LogP contribution in [0.5, 0.6) is 17.2 Å². The van der Waals surface area contributed by atoms with Gasteiger partial charge < -0.3 is 19.3 Å². The molecular formula is C30H28N2O6S. The van der Waals surface area contributed by atoms with Gasteiger partial charge in [0, 0.05) is 5.56 Å². The minimum atomic E-state index is -0.952. The van der Waals surface area contributed by atoms with E-state index >= 15 is 0 Å². The number of benzene rings is 3. The molecule has 0 aliphatic carbocycles. The topological polar surface area (TPSA) is 98.2 Å². The Labute approximate surface area is 230 Å². The number of aliphatic hydroxyl groups is 1. The van der Waals surface area contributed by atoms with Crippen molar-refractivity contribution in [2.45, 2.75) is 26.3 Å². The van der Waals surface area contributed by atoms with Crippen molar-refractivity contribution in [1.29, 1.82) is 0 Å².